The Bertz CT molecular complexity index is 622. The first kappa shape index (κ1) is 14.8. The Morgan fingerprint density at radius 3 is 2.43 bits per heavy atom. The van der Waals surface area contributed by atoms with Gasteiger partial charge in [-0.3, -0.25) is 4.79 Å². The summed E-state index contributed by atoms with van der Waals surface area (Å²) >= 11 is 0. The molecule has 1 N–H and O–H groups in total. The topological polar surface area (TPSA) is 73.3 Å². The van der Waals surface area contributed by atoms with Gasteiger partial charge in [0, 0.05) is 5.69 Å². The predicted octanol–water partition coefficient (Wildman–Crippen LogP) is 1.73. The number of hydrogen-bond acceptors (Lipinski definition) is 5. The average Bonchev–Trinajstić information content (AvgIpc) is 2.51. The Hall–Kier alpha value is -2.63. The van der Waals surface area contributed by atoms with Crippen LogP contribution in [0.15, 0.2) is 30.6 Å². The number of hydrogen-bond donors (Lipinski definition) is 1. The van der Waals surface area contributed by atoms with Gasteiger partial charge in [-0.05, 0) is 25.1 Å². The molecule has 6 heteroatoms. The molecule has 1 amide bonds. The molecular weight excluding hydrogens is 270 g/mol. The van der Waals surface area contributed by atoms with E-state index in [0.717, 1.165) is 11.4 Å². The molecule has 0 aliphatic heterocycles. The van der Waals surface area contributed by atoms with E-state index in [-0.39, 0.29) is 5.91 Å². The van der Waals surface area contributed by atoms with E-state index in [2.05, 4.69) is 15.3 Å². The Morgan fingerprint density at radius 2 is 1.86 bits per heavy atom. The zero-order valence-corrected chi connectivity index (χ0v) is 12.2. The van der Waals surface area contributed by atoms with Crippen molar-refractivity contribution in [3.8, 4) is 11.5 Å². The van der Waals surface area contributed by atoms with Crippen molar-refractivity contribution in [1.82, 2.24) is 15.3 Å². The Kier molecular flexibility index (Phi) is 4.71. The third-order valence-corrected chi connectivity index (χ3v) is 2.95. The number of nitrogens with one attached hydrogen (secondary N) is 1. The second kappa shape index (κ2) is 6.69. The van der Waals surface area contributed by atoms with Crippen LogP contribution in [0.1, 0.15) is 21.7 Å². The van der Waals surface area contributed by atoms with Gasteiger partial charge in [-0.15, -0.1) is 0 Å². The first-order valence-electron chi connectivity index (χ1n) is 6.42. The van der Waals surface area contributed by atoms with Crippen LogP contribution in [-0.4, -0.2) is 30.1 Å². The van der Waals surface area contributed by atoms with Crippen molar-refractivity contribution in [3.05, 3.63) is 47.5 Å². The van der Waals surface area contributed by atoms with Gasteiger partial charge in [-0.2, -0.15) is 0 Å². The first-order valence-corrected chi connectivity index (χ1v) is 6.42. The van der Waals surface area contributed by atoms with E-state index in [1.165, 1.54) is 20.5 Å². The molecule has 6 nitrogen and oxygen atoms in total. The molecule has 1 aromatic carbocycles. The fourth-order valence-corrected chi connectivity index (χ4v) is 1.94. The van der Waals surface area contributed by atoms with E-state index >= 15 is 0 Å². The lowest BCUT2D eigenvalue weighted by molar-refractivity contribution is 0.0944. The quantitative estimate of drug-likeness (QED) is 0.906. The third kappa shape index (κ3) is 3.47. The first-order chi connectivity index (χ1) is 10.2. The molecule has 1 aromatic heterocycles. The summed E-state index contributed by atoms with van der Waals surface area (Å²) in [5, 5.41) is 2.80. The molecule has 2 rings (SSSR count). The van der Waals surface area contributed by atoms with Gasteiger partial charge in [0.15, 0.2) is 0 Å². The number of methoxy groups -OCH3 is 2. The minimum atomic E-state index is -0.277. The van der Waals surface area contributed by atoms with E-state index in [4.69, 9.17) is 9.47 Å². The van der Waals surface area contributed by atoms with Crippen molar-refractivity contribution in [3.63, 3.8) is 0 Å². The van der Waals surface area contributed by atoms with Gasteiger partial charge in [-0.1, -0.05) is 6.07 Å². The number of ether oxygens (including phenoxy) is 2. The second-order valence-corrected chi connectivity index (χ2v) is 4.37. The van der Waals surface area contributed by atoms with E-state index in [0.29, 0.717) is 23.6 Å². The molecule has 0 atom stereocenters. The maximum Gasteiger partial charge on any atom is 0.259 e. The number of rotatable bonds is 5. The standard InChI is InChI=1S/C15H17N3O3/c1-10-7-11(18-9-17-10)8-16-15(19)14-12(20-2)5-4-6-13(14)21-3/h4-7,9H,8H2,1-3H3,(H,16,19). The van der Waals surface area contributed by atoms with Crippen LogP contribution in [0.25, 0.3) is 0 Å². The van der Waals surface area contributed by atoms with Gasteiger partial charge in [0.25, 0.3) is 5.91 Å². The van der Waals surface area contributed by atoms with Crippen LogP contribution in [0, 0.1) is 6.92 Å². The maximum absolute atomic E-state index is 12.3. The molecule has 0 saturated carbocycles. The summed E-state index contributed by atoms with van der Waals surface area (Å²) in [6.45, 7) is 2.18. The molecular formula is C15H17N3O3. The normalized spacial score (nSPS) is 10.0. The molecule has 1 heterocycles. The molecule has 0 fully saturated rings. The number of carbonyl (C=O) groups is 1. The van der Waals surface area contributed by atoms with Crippen LogP contribution in [0.2, 0.25) is 0 Å². The number of benzene rings is 1. The van der Waals surface area contributed by atoms with Crippen molar-refractivity contribution in [2.24, 2.45) is 0 Å². The molecule has 0 radical (unpaired) electrons. The molecule has 21 heavy (non-hydrogen) atoms. The fourth-order valence-electron chi connectivity index (χ4n) is 1.94. The summed E-state index contributed by atoms with van der Waals surface area (Å²) in [6, 6.07) is 7.01. The Morgan fingerprint density at radius 1 is 1.19 bits per heavy atom. The summed E-state index contributed by atoms with van der Waals surface area (Å²) in [4.78, 5) is 20.5. The minimum Gasteiger partial charge on any atom is -0.496 e. The number of amides is 1. The Balaban J connectivity index is 2.17. The zero-order chi connectivity index (χ0) is 15.2. The monoisotopic (exact) mass is 287 g/mol. The van der Waals surface area contributed by atoms with Crippen LogP contribution in [-0.2, 0) is 6.54 Å². The van der Waals surface area contributed by atoms with E-state index in [1.54, 1.807) is 18.2 Å². The molecule has 0 bridgehead atoms. The predicted molar refractivity (Wildman–Crippen MR) is 77.5 cm³/mol. The number of nitrogens with zero attached hydrogens (tertiary/aromatic N) is 2. The van der Waals surface area contributed by atoms with Gasteiger partial charge in [0.1, 0.15) is 23.4 Å². The maximum atomic E-state index is 12.3. The SMILES string of the molecule is COc1cccc(OC)c1C(=O)NCc1cc(C)ncn1. The van der Waals surface area contributed by atoms with Gasteiger partial charge < -0.3 is 14.8 Å². The van der Waals surface area contributed by atoms with Gasteiger partial charge in [0.05, 0.1) is 26.5 Å². The number of aromatic nitrogens is 2. The smallest absolute Gasteiger partial charge is 0.259 e. The highest BCUT2D eigenvalue weighted by Gasteiger charge is 2.17. The van der Waals surface area contributed by atoms with Gasteiger partial charge in [-0.25, -0.2) is 9.97 Å². The van der Waals surface area contributed by atoms with E-state index < -0.39 is 0 Å². The lowest BCUT2D eigenvalue weighted by Gasteiger charge is -2.12. The molecule has 0 spiro atoms. The zero-order valence-electron chi connectivity index (χ0n) is 12.2. The molecule has 0 unspecified atom stereocenters. The molecule has 0 aliphatic rings. The van der Waals surface area contributed by atoms with Crippen molar-refractivity contribution < 1.29 is 14.3 Å². The lowest BCUT2D eigenvalue weighted by atomic mass is 10.1. The largest absolute Gasteiger partial charge is 0.496 e. The van der Waals surface area contributed by atoms with Crippen molar-refractivity contribution in [2.75, 3.05) is 14.2 Å². The van der Waals surface area contributed by atoms with E-state index in [9.17, 15) is 4.79 Å². The van der Waals surface area contributed by atoms with Gasteiger partial charge >= 0.3 is 0 Å². The summed E-state index contributed by atoms with van der Waals surface area (Å²) in [5.74, 6) is 0.650. The van der Waals surface area contributed by atoms with Crippen LogP contribution in [0.4, 0.5) is 0 Å². The average molecular weight is 287 g/mol. The summed E-state index contributed by atoms with van der Waals surface area (Å²) in [6.07, 6.45) is 1.47. The lowest BCUT2D eigenvalue weighted by Crippen LogP contribution is -2.24. The van der Waals surface area contributed by atoms with E-state index in [1.807, 2.05) is 13.0 Å². The van der Waals surface area contributed by atoms with Crippen LogP contribution >= 0.6 is 0 Å². The van der Waals surface area contributed by atoms with Crippen molar-refractivity contribution >= 4 is 5.91 Å². The van der Waals surface area contributed by atoms with Crippen molar-refractivity contribution in [1.29, 1.82) is 0 Å². The molecule has 0 saturated heterocycles. The molecule has 2 aromatic rings. The summed E-state index contributed by atoms with van der Waals surface area (Å²) in [7, 11) is 3.03. The van der Waals surface area contributed by atoms with Crippen molar-refractivity contribution in [2.45, 2.75) is 13.5 Å². The van der Waals surface area contributed by atoms with Crippen LogP contribution < -0.4 is 14.8 Å². The highest BCUT2D eigenvalue weighted by atomic mass is 16.5. The summed E-state index contributed by atoms with van der Waals surface area (Å²) < 4.78 is 10.4. The molecule has 0 aliphatic carbocycles. The number of carbonyl (C=O) groups excluding carboxylic acids is 1. The summed E-state index contributed by atoms with van der Waals surface area (Å²) in [5.41, 5.74) is 1.96. The van der Waals surface area contributed by atoms with Gasteiger partial charge in [0.2, 0.25) is 0 Å². The second-order valence-electron chi connectivity index (χ2n) is 4.37. The third-order valence-electron chi connectivity index (χ3n) is 2.95. The minimum absolute atomic E-state index is 0.277. The fraction of sp³-hybridized carbons (Fsp3) is 0.267. The Labute approximate surface area is 123 Å². The highest BCUT2D eigenvalue weighted by Crippen LogP contribution is 2.27. The van der Waals surface area contributed by atoms with Crippen LogP contribution in [0.5, 0.6) is 11.5 Å². The van der Waals surface area contributed by atoms with Crippen LogP contribution in [0.3, 0.4) is 0 Å². The number of aryl methyl sites for hydroxylation is 1. The highest BCUT2D eigenvalue weighted by molar-refractivity contribution is 5.99. The molecule has 110 valence electrons.